The smallest absolute Gasteiger partial charge is 0.303 e. The maximum absolute atomic E-state index is 12.2. The van der Waals surface area contributed by atoms with Crippen molar-refractivity contribution in [2.24, 2.45) is 34.5 Å². The molecule has 4 rings (SSSR count). The van der Waals surface area contributed by atoms with Crippen molar-refractivity contribution in [3.8, 4) is 0 Å². The minimum atomic E-state index is -0.929. The van der Waals surface area contributed by atoms with E-state index in [1.54, 1.807) is 6.08 Å². The third-order valence-electron chi connectivity index (χ3n) is 9.19. The number of carbonyl (C=O) groups is 3. The number of hydrogen-bond acceptors (Lipinski definition) is 3. The monoisotopic (exact) mass is 413 g/mol. The van der Waals surface area contributed by atoms with Gasteiger partial charge >= 0.3 is 5.97 Å². The zero-order chi connectivity index (χ0) is 21.7. The van der Waals surface area contributed by atoms with Crippen LogP contribution in [0.2, 0.25) is 0 Å². The average Bonchev–Trinajstić information content (AvgIpc) is 3.04. The van der Waals surface area contributed by atoms with E-state index in [4.69, 9.17) is 5.11 Å². The molecule has 0 radical (unpaired) electrons. The molecule has 0 aromatic carbocycles. The molecule has 3 saturated carbocycles. The van der Waals surface area contributed by atoms with Crippen molar-refractivity contribution in [3.63, 3.8) is 0 Å². The summed E-state index contributed by atoms with van der Waals surface area (Å²) >= 11 is 0. The van der Waals surface area contributed by atoms with Gasteiger partial charge in [0.2, 0.25) is 5.91 Å². The molecule has 1 amide bonds. The standard InChI is InChI=1S/C25H35NO4/c1-15(26-22(28)8-9-23(29)30)19-6-7-20-18-5-4-16-14-17(27)10-12-24(16,2)21(18)11-13-25(19,20)3/h10,12,14-15,18-21H,4-9,11,13H2,1-3H3,(H,26,28)(H,29,30)/t15?,18-,19+,20-,21-,24-,25+/m0/s1. The average molecular weight is 414 g/mol. The fraction of sp³-hybridized carbons (Fsp3) is 0.720. The van der Waals surface area contributed by atoms with Crippen LogP contribution in [0.15, 0.2) is 23.8 Å². The van der Waals surface area contributed by atoms with Gasteiger partial charge in [0.15, 0.2) is 5.78 Å². The van der Waals surface area contributed by atoms with Crippen LogP contribution >= 0.6 is 0 Å². The predicted molar refractivity (Wildman–Crippen MR) is 115 cm³/mol. The molecule has 0 heterocycles. The zero-order valence-corrected chi connectivity index (χ0v) is 18.4. The topological polar surface area (TPSA) is 83.5 Å². The maximum Gasteiger partial charge on any atom is 0.303 e. The van der Waals surface area contributed by atoms with Gasteiger partial charge in [0, 0.05) is 17.9 Å². The molecular formula is C25H35NO4. The second-order valence-corrected chi connectivity index (χ2v) is 10.6. The second kappa shape index (κ2) is 7.65. The molecule has 0 saturated heterocycles. The molecule has 5 nitrogen and oxygen atoms in total. The lowest BCUT2D eigenvalue weighted by atomic mass is 9.47. The molecule has 4 aliphatic carbocycles. The Morgan fingerprint density at radius 2 is 1.93 bits per heavy atom. The first-order valence-electron chi connectivity index (χ1n) is 11.6. The second-order valence-electron chi connectivity index (χ2n) is 10.6. The van der Waals surface area contributed by atoms with E-state index in [1.807, 2.05) is 6.08 Å². The van der Waals surface area contributed by atoms with E-state index in [-0.39, 0.29) is 41.4 Å². The summed E-state index contributed by atoms with van der Waals surface area (Å²) in [6.45, 7) is 6.86. The van der Waals surface area contributed by atoms with E-state index in [0.29, 0.717) is 23.7 Å². The summed E-state index contributed by atoms with van der Waals surface area (Å²) in [7, 11) is 0. The molecule has 0 spiro atoms. The molecule has 0 aromatic rings. The largest absolute Gasteiger partial charge is 0.481 e. The van der Waals surface area contributed by atoms with Crippen molar-refractivity contribution in [2.45, 2.75) is 78.2 Å². The number of amides is 1. The van der Waals surface area contributed by atoms with Crippen LogP contribution in [-0.2, 0) is 14.4 Å². The SMILES string of the molecule is CC(NC(=O)CCC(=O)O)[C@H]1CC[C@H]2[C@@H]3CCC4=CC(=O)C=C[C@]4(C)[C@H]3CC[C@]12C. The highest BCUT2D eigenvalue weighted by molar-refractivity contribution is 6.01. The summed E-state index contributed by atoms with van der Waals surface area (Å²) in [5.74, 6) is 1.41. The Morgan fingerprint density at radius 1 is 1.17 bits per heavy atom. The van der Waals surface area contributed by atoms with Gasteiger partial charge in [0.05, 0.1) is 6.42 Å². The number of hydrogen-bond donors (Lipinski definition) is 2. The molecular weight excluding hydrogens is 378 g/mol. The van der Waals surface area contributed by atoms with Crippen molar-refractivity contribution in [1.82, 2.24) is 5.32 Å². The number of carbonyl (C=O) groups excluding carboxylic acids is 2. The van der Waals surface area contributed by atoms with Gasteiger partial charge in [-0.05, 0) is 86.7 Å². The van der Waals surface area contributed by atoms with Crippen molar-refractivity contribution >= 4 is 17.7 Å². The zero-order valence-electron chi connectivity index (χ0n) is 18.4. The lowest BCUT2D eigenvalue weighted by Crippen LogP contribution is -2.52. The molecule has 164 valence electrons. The summed E-state index contributed by atoms with van der Waals surface area (Å²) in [4.78, 5) is 34.9. The Hall–Kier alpha value is -1.91. The molecule has 1 unspecified atom stereocenters. The summed E-state index contributed by atoms with van der Waals surface area (Å²) in [6.07, 6.45) is 12.6. The first-order chi connectivity index (χ1) is 14.1. The van der Waals surface area contributed by atoms with E-state index in [0.717, 1.165) is 19.3 Å². The van der Waals surface area contributed by atoms with E-state index in [1.165, 1.54) is 24.8 Å². The van der Waals surface area contributed by atoms with Crippen LogP contribution in [0.1, 0.15) is 72.1 Å². The van der Waals surface area contributed by atoms with Crippen LogP contribution in [-0.4, -0.2) is 28.8 Å². The van der Waals surface area contributed by atoms with Gasteiger partial charge in [-0.2, -0.15) is 0 Å². The Bertz CT molecular complexity index is 814. The molecule has 3 fully saturated rings. The van der Waals surface area contributed by atoms with Gasteiger partial charge < -0.3 is 10.4 Å². The Morgan fingerprint density at radius 3 is 2.67 bits per heavy atom. The normalized spacial score (nSPS) is 40.6. The summed E-state index contributed by atoms with van der Waals surface area (Å²) in [5, 5.41) is 11.9. The number of aliphatic carboxylic acids is 1. The quantitative estimate of drug-likeness (QED) is 0.705. The van der Waals surface area contributed by atoms with Crippen molar-refractivity contribution in [1.29, 1.82) is 0 Å². The first-order valence-corrected chi connectivity index (χ1v) is 11.6. The summed E-state index contributed by atoms with van der Waals surface area (Å²) in [5.41, 5.74) is 1.56. The van der Waals surface area contributed by atoms with Gasteiger partial charge in [-0.3, -0.25) is 14.4 Å². The number of fused-ring (bicyclic) bond motifs is 5. The van der Waals surface area contributed by atoms with E-state index in [9.17, 15) is 14.4 Å². The van der Waals surface area contributed by atoms with Gasteiger partial charge in [0.1, 0.15) is 0 Å². The summed E-state index contributed by atoms with van der Waals surface area (Å²) < 4.78 is 0. The van der Waals surface area contributed by atoms with Crippen molar-refractivity contribution in [3.05, 3.63) is 23.8 Å². The van der Waals surface area contributed by atoms with Crippen LogP contribution in [0.5, 0.6) is 0 Å². The maximum atomic E-state index is 12.2. The van der Waals surface area contributed by atoms with E-state index >= 15 is 0 Å². The highest BCUT2D eigenvalue weighted by atomic mass is 16.4. The fourth-order valence-electron chi connectivity index (χ4n) is 7.71. The lowest BCUT2D eigenvalue weighted by molar-refractivity contribution is -0.139. The first kappa shape index (κ1) is 21.3. The number of carboxylic acid groups (broad SMARTS) is 1. The van der Waals surface area contributed by atoms with Gasteiger partial charge in [-0.15, -0.1) is 0 Å². The van der Waals surface area contributed by atoms with E-state index in [2.05, 4.69) is 32.2 Å². The Kier molecular flexibility index (Phi) is 5.44. The fourth-order valence-corrected chi connectivity index (χ4v) is 7.71. The summed E-state index contributed by atoms with van der Waals surface area (Å²) in [6, 6.07) is 0.0691. The highest BCUT2D eigenvalue weighted by Gasteiger charge is 2.59. The molecule has 2 N–H and O–H groups in total. The molecule has 7 atom stereocenters. The number of nitrogens with one attached hydrogen (secondary N) is 1. The third-order valence-corrected chi connectivity index (χ3v) is 9.19. The molecule has 4 aliphatic rings. The van der Waals surface area contributed by atoms with Gasteiger partial charge in [0.25, 0.3) is 0 Å². The van der Waals surface area contributed by atoms with E-state index < -0.39 is 5.97 Å². The van der Waals surface area contributed by atoms with Gasteiger partial charge in [-0.25, -0.2) is 0 Å². The number of rotatable bonds is 5. The molecule has 0 aliphatic heterocycles. The molecule has 30 heavy (non-hydrogen) atoms. The van der Waals surface area contributed by atoms with Crippen LogP contribution < -0.4 is 5.32 Å². The Labute approximate surface area is 179 Å². The minimum absolute atomic E-state index is 0.0207. The minimum Gasteiger partial charge on any atom is -0.481 e. The third kappa shape index (κ3) is 3.44. The molecule has 0 bridgehead atoms. The number of carboxylic acids is 1. The van der Waals surface area contributed by atoms with Crippen molar-refractivity contribution in [2.75, 3.05) is 0 Å². The lowest BCUT2D eigenvalue weighted by Gasteiger charge is -2.57. The van der Waals surface area contributed by atoms with Crippen LogP contribution in [0.3, 0.4) is 0 Å². The number of ketones is 1. The Balaban J connectivity index is 1.48. The van der Waals surface area contributed by atoms with Crippen LogP contribution in [0.4, 0.5) is 0 Å². The molecule has 0 aromatic heterocycles. The highest BCUT2D eigenvalue weighted by Crippen LogP contribution is 2.66. The van der Waals surface area contributed by atoms with Crippen LogP contribution in [0.25, 0.3) is 0 Å². The van der Waals surface area contributed by atoms with Crippen molar-refractivity contribution < 1.29 is 19.5 Å². The predicted octanol–water partition coefficient (Wildman–Crippen LogP) is 4.28. The van der Waals surface area contributed by atoms with Gasteiger partial charge in [-0.1, -0.05) is 25.5 Å². The molecule has 5 heteroatoms. The van der Waals surface area contributed by atoms with Crippen LogP contribution in [0, 0.1) is 34.5 Å². The number of allylic oxidation sites excluding steroid dienone is 4.